The minimum atomic E-state index is 0. The average Bonchev–Trinajstić information content (AvgIpc) is 2.55. The number of ether oxygens (including phenoxy) is 2. The number of hydrogen-bond donors (Lipinski definition) is 1. The highest BCUT2D eigenvalue weighted by Gasteiger charge is 2.12. The van der Waals surface area contributed by atoms with E-state index in [1.807, 2.05) is 49.4 Å². The van der Waals surface area contributed by atoms with E-state index in [4.69, 9.17) is 21.1 Å². The van der Waals surface area contributed by atoms with Gasteiger partial charge < -0.3 is 27.2 Å². The highest BCUT2D eigenvalue weighted by Crippen LogP contribution is 2.35. The molecule has 2 heterocycles. The monoisotopic (exact) mass is 361 g/mol. The summed E-state index contributed by atoms with van der Waals surface area (Å²) in [7, 11) is 0. The second kappa shape index (κ2) is 6.75. The fourth-order valence-electron chi connectivity index (χ4n) is 2.71. The summed E-state index contributed by atoms with van der Waals surface area (Å²) in [5, 5.41) is 5.10. The van der Waals surface area contributed by atoms with Crippen LogP contribution in [-0.2, 0) is 0 Å². The first-order valence-corrected chi connectivity index (χ1v) is 7.80. The number of aryl methyl sites for hydroxylation is 1. The number of halogens is 2. The number of pyridine rings is 1. The third-order valence-corrected chi connectivity index (χ3v) is 3.96. The molecule has 0 saturated carbocycles. The molecule has 0 amide bonds. The number of hydrogen-bond acceptors (Lipinski definition) is 4. The zero-order valence-corrected chi connectivity index (χ0v) is 14.5. The number of benzene rings is 2. The lowest BCUT2D eigenvalue weighted by atomic mass is 10.1. The van der Waals surface area contributed by atoms with Crippen molar-refractivity contribution in [2.45, 2.75) is 6.92 Å². The van der Waals surface area contributed by atoms with Crippen LogP contribution in [-0.4, -0.2) is 18.2 Å². The Morgan fingerprint density at radius 2 is 1.79 bits per heavy atom. The first kappa shape index (κ1) is 16.7. The van der Waals surface area contributed by atoms with E-state index < -0.39 is 0 Å². The molecule has 0 unspecified atom stereocenters. The smallest absolute Gasteiger partial charge is 0.163 e. The number of nitrogens with one attached hydrogen (secondary N) is 1. The normalized spacial score (nSPS) is 12.6. The number of rotatable bonds is 2. The molecule has 6 heteroatoms. The number of fused-ring (bicyclic) bond motifs is 2. The lowest BCUT2D eigenvalue weighted by molar-refractivity contribution is -0.00000517. The molecular weight excluding hydrogens is 347 g/mol. The van der Waals surface area contributed by atoms with Gasteiger partial charge in [0.05, 0.1) is 5.52 Å². The third-order valence-electron chi connectivity index (χ3n) is 3.72. The van der Waals surface area contributed by atoms with Gasteiger partial charge in [0.15, 0.2) is 11.5 Å². The second-order valence-electron chi connectivity index (χ2n) is 5.46. The fraction of sp³-hybridized carbons (Fsp3) is 0.167. The molecule has 0 spiro atoms. The van der Waals surface area contributed by atoms with E-state index in [9.17, 15) is 0 Å². The Morgan fingerprint density at radius 1 is 1.00 bits per heavy atom. The minimum absolute atomic E-state index is 0. The van der Waals surface area contributed by atoms with E-state index in [-0.39, 0.29) is 12.4 Å². The van der Waals surface area contributed by atoms with Crippen molar-refractivity contribution in [1.29, 1.82) is 0 Å². The van der Waals surface area contributed by atoms with E-state index in [2.05, 4.69) is 10.3 Å². The molecule has 0 atom stereocenters. The average molecular weight is 362 g/mol. The molecule has 0 saturated heterocycles. The summed E-state index contributed by atoms with van der Waals surface area (Å²) < 4.78 is 11.2. The van der Waals surface area contributed by atoms with Crippen molar-refractivity contribution < 1.29 is 21.9 Å². The molecule has 3 aromatic rings. The Morgan fingerprint density at radius 3 is 2.62 bits per heavy atom. The Labute approximate surface area is 151 Å². The zero-order chi connectivity index (χ0) is 15.8. The molecule has 1 aromatic heterocycles. The van der Waals surface area contributed by atoms with Crippen LogP contribution in [0.3, 0.4) is 0 Å². The highest BCUT2D eigenvalue weighted by atomic mass is 35.5. The topological polar surface area (TPSA) is 43.4 Å². The second-order valence-corrected chi connectivity index (χ2v) is 5.89. The van der Waals surface area contributed by atoms with E-state index >= 15 is 0 Å². The first-order valence-electron chi connectivity index (χ1n) is 7.43. The van der Waals surface area contributed by atoms with Crippen molar-refractivity contribution in [3.63, 3.8) is 0 Å². The molecule has 2 aromatic carbocycles. The summed E-state index contributed by atoms with van der Waals surface area (Å²) in [5.41, 5.74) is 3.75. The third kappa shape index (κ3) is 3.21. The van der Waals surface area contributed by atoms with Gasteiger partial charge in [-0.25, -0.2) is 0 Å². The van der Waals surface area contributed by atoms with Crippen LogP contribution < -0.4 is 27.2 Å². The maximum atomic E-state index is 6.14. The Balaban J connectivity index is 0.00000169. The number of anilines is 2. The molecule has 24 heavy (non-hydrogen) atoms. The molecule has 4 rings (SSSR count). The molecule has 0 fully saturated rings. The van der Waals surface area contributed by atoms with Crippen molar-refractivity contribution >= 4 is 33.9 Å². The fourth-order valence-corrected chi connectivity index (χ4v) is 2.88. The number of nitrogens with zero attached hydrogens (tertiary/aromatic N) is 1. The predicted octanol–water partition coefficient (Wildman–Crippen LogP) is 1.72. The quantitative estimate of drug-likeness (QED) is 0.754. The maximum Gasteiger partial charge on any atom is 0.163 e. The van der Waals surface area contributed by atoms with Gasteiger partial charge in [-0.1, -0.05) is 11.6 Å². The summed E-state index contributed by atoms with van der Waals surface area (Å²) in [6, 6.07) is 13.5. The van der Waals surface area contributed by atoms with Gasteiger partial charge in [-0.15, -0.1) is 0 Å². The molecule has 1 aliphatic heterocycles. The molecule has 0 bridgehead atoms. The van der Waals surface area contributed by atoms with E-state index in [1.54, 1.807) is 0 Å². The lowest BCUT2D eigenvalue weighted by Crippen LogP contribution is -3.00. The summed E-state index contributed by atoms with van der Waals surface area (Å²) in [4.78, 5) is 4.55. The Hall–Kier alpha value is -2.17. The van der Waals surface area contributed by atoms with Crippen molar-refractivity contribution in [2.75, 3.05) is 18.5 Å². The largest absolute Gasteiger partial charge is 1.00 e. The van der Waals surface area contributed by atoms with E-state index in [0.717, 1.165) is 39.5 Å². The summed E-state index contributed by atoms with van der Waals surface area (Å²) >= 11 is 6.14. The van der Waals surface area contributed by atoms with Crippen molar-refractivity contribution in [1.82, 2.24) is 4.98 Å². The van der Waals surface area contributed by atoms with Gasteiger partial charge >= 0.3 is 0 Å². The lowest BCUT2D eigenvalue weighted by Gasteiger charge is -2.19. The van der Waals surface area contributed by atoms with Gasteiger partial charge in [0.1, 0.15) is 13.2 Å². The van der Waals surface area contributed by atoms with Gasteiger partial charge in [-0.3, -0.25) is 4.98 Å². The molecular formula is C18H15Cl2N2O2-. The van der Waals surface area contributed by atoms with Crippen LogP contribution in [0.1, 0.15) is 5.69 Å². The predicted molar refractivity (Wildman–Crippen MR) is 92.2 cm³/mol. The van der Waals surface area contributed by atoms with Gasteiger partial charge in [-0.2, -0.15) is 0 Å². The SMILES string of the molecule is Cc1cc(Nc2ccc3c(c2)OCCO3)c2cc(Cl)ccc2n1.[Cl-]. The molecule has 4 nitrogen and oxygen atoms in total. The first-order chi connectivity index (χ1) is 11.2. The van der Waals surface area contributed by atoms with Crippen LogP contribution in [0.4, 0.5) is 11.4 Å². The van der Waals surface area contributed by atoms with Crippen LogP contribution in [0.5, 0.6) is 11.5 Å². The molecule has 1 N–H and O–H groups in total. The van der Waals surface area contributed by atoms with Gasteiger partial charge in [0, 0.05) is 33.5 Å². The van der Waals surface area contributed by atoms with Crippen LogP contribution in [0, 0.1) is 6.92 Å². The minimum Gasteiger partial charge on any atom is -1.00 e. The van der Waals surface area contributed by atoms with Gasteiger partial charge in [0.25, 0.3) is 0 Å². The number of aromatic nitrogens is 1. The molecule has 0 radical (unpaired) electrons. The van der Waals surface area contributed by atoms with Crippen molar-refractivity contribution in [3.05, 3.63) is 53.2 Å². The molecule has 124 valence electrons. The van der Waals surface area contributed by atoms with Crippen LogP contribution in [0.25, 0.3) is 10.9 Å². The zero-order valence-electron chi connectivity index (χ0n) is 13.0. The summed E-state index contributed by atoms with van der Waals surface area (Å²) in [6.45, 7) is 3.14. The van der Waals surface area contributed by atoms with Gasteiger partial charge in [-0.05, 0) is 43.3 Å². The van der Waals surface area contributed by atoms with Crippen LogP contribution in [0.2, 0.25) is 5.02 Å². The standard InChI is InChI=1S/C18H15ClN2O2.ClH/c1-11-8-16(14-9-12(19)2-4-15(14)20-11)21-13-3-5-17-18(10-13)23-7-6-22-17;/h2-5,8-10H,6-7H2,1H3,(H,20,21);1H/p-1. The van der Waals surface area contributed by atoms with Crippen LogP contribution in [0.15, 0.2) is 42.5 Å². The molecule has 1 aliphatic rings. The Kier molecular flexibility index (Phi) is 4.69. The van der Waals surface area contributed by atoms with E-state index in [1.165, 1.54) is 0 Å². The van der Waals surface area contributed by atoms with E-state index in [0.29, 0.717) is 18.2 Å². The van der Waals surface area contributed by atoms with Crippen molar-refractivity contribution in [3.8, 4) is 11.5 Å². The molecule has 0 aliphatic carbocycles. The summed E-state index contributed by atoms with van der Waals surface area (Å²) in [6.07, 6.45) is 0. The maximum absolute atomic E-state index is 6.14. The highest BCUT2D eigenvalue weighted by molar-refractivity contribution is 6.31. The Bertz CT molecular complexity index is 900. The van der Waals surface area contributed by atoms with Crippen molar-refractivity contribution in [2.24, 2.45) is 0 Å². The summed E-state index contributed by atoms with van der Waals surface area (Å²) in [5.74, 6) is 1.54. The van der Waals surface area contributed by atoms with Crippen LogP contribution >= 0.6 is 11.6 Å². The van der Waals surface area contributed by atoms with Gasteiger partial charge in [0.2, 0.25) is 0 Å².